The fraction of sp³-hybridized carbons (Fsp3) is 1.00. The predicted octanol–water partition coefficient (Wildman–Crippen LogP) is 4.58. The van der Waals surface area contributed by atoms with Gasteiger partial charge in [0.05, 0.1) is 26.4 Å². The van der Waals surface area contributed by atoms with Gasteiger partial charge in [-0.3, -0.25) is 14.4 Å². The summed E-state index contributed by atoms with van der Waals surface area (Å²) in [6.45, 7) is 7.77. The molecule has 0 saturated heterocycles. The molecule has 0 aromatic heterocycles. The quantitative estimate of drug-likeness (QED) is 0.483. The molecule has 3 unspecified atom stereocenters. The summed E-state index contributed by atoms with van der Waals surface area (Å²) in [5, 5.41) is 3.34. The van der Waals surface area contributed by atoms with Gasteiger partial charge in [-0.25, -0.2) is 0 Å². The van der Waals surface area contributed by atoms with Crippen molar-refractivity contribution in [2.75, 3.05) is 26.4 Å². The summed E-state index contributed by atoms with van der Waals surface area (Å²) >= 11 is 0. The molecule has 148 valence electrons. The molecular formula is C16H33NO6P2. The van der Waals surface area contributed by atoms with Crippen LogP contribution in [0.3, 0.4) is 0 Å². The van der Waals surface area contributed by atoms with E-state index < -0.39 is 20.7 Å². The van der Waals surface area contributed by atoms with Gasteiger partial charge in [-0.1, -0.05) is 6.42 Å². The Morgan fingerprint density at radius 1 is 0.840 bits per heavy atom. The number of rotatable bonds is 12. The minimum Gasteiger partial charge on any atom is -0.307 e. The highest BCUT2D eigenvalue weighted by Gasteiger charge is 2.53. The van der Waals surface area contributed by atoms with Crippen LogP contribution in [0, 0.1) is 11.8 Å². The van der Waals surface area contributed by atoms with E-state index in [0.29, 0.717) is 11.8 Å². The van der Waals surface area contributed by atoms with Crippen molar-refractivity contribution in [1.82, 2.24) is 5.32 Å². The van der Waals surface area contributed by atoms with Gasteiger partial charge in [0.1, 0.15) is 0 Å². The Morgan fingerprint density at radius 3 is 1.64 bits per heavy atom. The van der Waals surface area contributed by atoms with Gasteiger partial charge in [0.25, 0.3) is 0 Å². The lowest BCUT2D eigenvalue weighted by molar-refractivity contribution is 0.184. The minimum atomic E-state index is -3.71. The summed E-state index contributed by atoms with van der Waals surface area (Å²) in [4.78, 5) is 0. The van der Waals surface area contributed by atoms with Crippen LogP contribution in [-0.4, -0.2) is 38.0 Å². The molecule has 2 bridgehead atoms. The number of nitrogens with one attached hydrogen (secondary N) is 1. The average Bonchev–Trinajstić information content (AvgIpc) is 3.16. The summed E-state index contributed by atoms with van der Waals surface area (Å²) in [7, 11) is -7.42. The molecule has 0 heterocycles. The summed E-state index contributed by atoms with van der Waals surface area (Å²) in [6, 6.07) is 0.146. The van der Waals surface area contributed by atoms with E-state index in [2.05, 4.69) is 5.32 Å². The van der Waals surface area contributed by atoms with E-state index in [1.165, 1.54) is 12.8 Å². The van der Waals surface area contributed by atoms with Gasteiger partial charge in [0.15, 0.2) is 0 Å². The molecule has 0 spiro atoms. The lowest BCUT2D eigenvalue weighted by Gasteiger charge is -2.35. The summed E-state index contributed by atoms with van der Waals surface area (Å²) in [6.07, 6.45) is 4.57. The van der Waals surface area contributed by atoms with Crippen LogP contribution in [0.2, 0.25) is 0 Å². The van der Waals surface area contributed by atoms with E-state index in [1.807, 2.05) is 0 Å². The fourth-order valence-corrected chi connectivity index (χ4v) is 9.16. The van der Waals surface area contributed by atoms with Crippen molar-refractivity contribution in [2.24, 2.45) is 11.8 Å². The van der Waals surface area contributed by atoms with Crippen molar-refractivity contribution >= 4 is 15.2 Å². The highest BCUT2D eigenvalue weighted by molar-refractivity contribution is 7.72. The van der Waals surface area contributed by atoms with Crippen LogP contribution in [0.1, 0.15) is 53.4 Å². The first-order valence-corrected chi connectivity index (χ1v) is 12.7. The number of hydrogen-bond acceptors (Lipinski definition) is 7. The lowest BCUT2D eigenvalue weighted by atomic mass is 9.96. The molecule has 0 aromatic carbocycles. The highest BCUT2D eigenvalue weighted by Crippen LogP contribution is 2.69. The molecule has 0 aliphatic heterocycles. The second kappa shape index (κ2) is 9.45. The van der Waals surface area contributed by atoms with E-state index >= 15 is 0 Å². The van der Waals surface area contributed by atoms with Crippen molar-refractivity contribution in [2.45, 2.75) is 64.9 Å². The molecule has 7 nitrogen and oxygen atoms in total. The van der Waals surface area contributed by atoms with Crippen LogP contribution in [0.5, 0.6) is 0 Å². The topological polar surface area (TPSA) is 83.1 Å². The first kappa shape index (κ1) is 21.6. The molecule has 0 aromatic rings. The van der Waals surface area contributed by atoms with Crippen LogP contribution in [-0.2, 0) is 27.2 Å². The Labute approximate surface area is 151 Å². The first-order valence-electron chi connectivity index (χ1n) is 9.46. The Bertz CT molecular complexity index is 467. The molecular weight excluding hydrogens is 364 g/mol. The Kier molecular flexibility index (Phi) is 8.15. The molecule has 0 amide bonds. The summed E-state index contributed by atoms with van der Waals surface area (Å²) in [5.41, 5.74) is -1.09. The van der Waals surface area contributed by atoms with Crippen LogP contribution >= 0.6 is 15.2 Å². The monoisotopic (exact) mass is 397 g/mol. The SMILES string of the molecule is CCOP(=O)(OCC)C(NC1CC2CCC1C2)P(=O)(OCC)OCC. The lowest BCUT2D eigenvalue weighted by Crippen LogP contribution is -2.42. The normalized spacial score (nSPS) is 26.7. The van der Waals surface area contributed by atoms with Gasteiger partial charge in [-0.05, 0) is 58.8 Å². The van der Waals surface area contributed by atoms with Crippen molar-refractivity contribution in [3.63, 3.8) is 0 Å². The van der Waals surface area contributed by atoms with E-state index in [-0.39, 0.29) is 32.5 Å². The minimum absolute atomic E-state index is 0.146. The Balaban J connectivity index is 2.31. The smallest absolute Gasteiger partial charge is 0.307 e. The van der Waals surface area contributed by atoms with Crippen molar-refractivity contribution in [3.05, 3.63) is 0 Å². The maximum absolute atomic E-state index is 13.5. The highest BCUT2D eigenvalue weighted by atomic mass is 31.2. The van der Waals surface area contributed by atoms with Crippen LogP contribution in [0.25, 0.3) is 0 Å². The van der Waals surface area contributed by atoms with Crippen molar-refractivity contribution in [1.29, 1.82) is 0 Å². The van der Waals surface area contributed by atoms with E-state index in [4.69, 9.17) is 18.1 Å². The second-order valence-electron chi connectivity index (χ2n) is 6.57. The molecule has 0 radical (unpaired) electrons. The largest absolute Gasteiger partial charge is 0.359 e. The van der Waals surface area contributed by atoms with Gasteiger partial charge in [-0.2, -0.15) is 0 Å². The van der Waals surface area contributed by atoms with Gasteiger partial charge in [0.2, 0.25) is 5.52 Å². The van der Waals surface area contributed by atoms with Crippen LogP contribution in [0.4, 0.5) is 0 Å². The zero-order chi connectivity index (χ0) is 18.5. The molecule has 3 atom stereocenters. The van der Waals surface area contributed by atoms with Crippen LogP contribution in [0.15, 0.2) is 0 Å². The molecule has 1 N–H and O–H groups in total. The third kappa shape index (κ3) is 4.95. The van der Waals surface area contributed by atoms with Gasteiger partial charge >= 0.3 is 15.2 Å². The molecule has 25 heavy (non-hydrogen) atoms. The number of hydrogen-bond donors (Lipinski definition) is 1. The standard InChI is InChI=1S/C16H33NO6P2/c1-5-20-24(18,21-6-2)16(25(19,22-7-3)23-8-4)17-15-12-13-9-10-14(15)11-13/h13-17H,5-12H2,1-4H3. The fourth-order valence-electron chi connectivity index (χ4n) is 4.07. The average molecular weight is 397 g/mol. The first-order chi connectivity index (χ1) is 11.9. The van der Waals surface area contributed by atoms with Crippen LogP contribution < -0.4 is 5.32 Å². The van der Waals surface area contributed by atoms with E-state index in [1.54, 1.807) is 27.7 Å². The van der Waals surface area contributed by atoms with E-state index in [0.717, 1.165) is 12.8 Å². The summed E-state index contributed by atoms with van der Waals surface area (Å²) < 4.78 is 48.9. The second-order valence-corrected chi connectivity index (χ2v) is 11.2. The number of fused-ring (bicyclic) bond motifs is 2. The molecule has 2 aliphatic carbocycles. The Morgan fingerprint density at radius 2 is 1.32 bits per heavy atom. The van der Waals surface area contributed by atoms with Crippen molar-refractivity contribution < 1.29 is 27.2 Å². The maximum Gasteiger partial charge on any atom is 0.359 e. The maximum atomic E-state index is 13.5. The molecule has 2 saturated carbocycles. The molecule has 2 rings (SSSR count). The summed E-state index contributed by atoms with van der Waals surface area (Å²) in [5.74, 6) is 1.21. The predicted molar refractivity (Wildman–Crippen MR) is 97.9 cm³/mol. The van der Waals surface area contributed by atoms with Crippen molar-refractivity contribution in [3.8, 4) is 0 Å². The van der Waals surface area contributed by atoms with Gasteiger partial charge < -0.3 is 18.1 Å². The zero-order valence-electron chi connectivity index (χ0n) is 15.8. The molecule has 2 aliphatic rings. The van der Waals surface area contributed by atoms with Gasteiger partial charge in [-0.15, -0.1) is 0 Å². The third-order valence-electron chi connectivity index (χ3n) is 4.94. The third-order valence-corrected chi connectivity index (χ3v) is 10.6. The van der Waals surface area contributed by atoms with E-state index in [9.17, 15) is 9.13 Å². The Hall–Kier alpha value is 0.260. The molecule has 2 fully saturated rings. The molecule has 9 heteroatoms. The van der Waals surface area contributed by atoms with Gasteiger partial charge in [0, 0.05) is 6.04 Å². The zero-order valence-corrected chi connectivity index (χ0v) is 17.6.